The molecule has 0 radical (unpaired) electrons. The van der Waals surface area contributed by atoms with Crippen LogP contribution in [-0.4, -0.2) is 22.1 Å². The Morgan fingerprint density at radius 3 is 3.09 bits per heavy atom. The number of amides is 1. The summed E-state index contributed by atoms with van der Waals surface area (Å²) in [6, 6.07) is 8.90. The minimum atomic E-state index is -0.204. The summed E-state index contributed by atoms with van der Waals surface area (Å²) < 4.78 is 0. The topological polar surface area (TPSA) is 74.8 Å². The number of fused-ring (bicyclic) bond motifs is 1. The maximum Gasteiger partial charge on any atom is 0.264 e. The summed E-state index contributed by atoms with van der Waals surface area (Å²) in [5, 5.41) is 10.1. The van der Waals surface area contributed by atoms with Gasteiger partial charge in [-0.05, 0) is 42.5 Å². The first-order valence-electron chi connectivity index (χ1n) is 7.21. The minimum absolute atomic E-state index is 0.0338. The summed E-state index contributed by atoms with van der Waals surface area (Å²) in [5.41, 5.74) is 2.52. The van der Waals surface area contributed by atoms with Crippen LogP contribution >= 0.6 is 11.6 Å². The van der Waals surface area contributed by atoms with Gasteiger partial charge in [0.1, 0.15) is 0 Å². The summed E-state index contributed by atoms with van der Waals surface area (Å²) in [7, 11) is 0. The van der Waals surface area contributed by atoms with E-state index in [4.69, 9.17) is 11.6 Å². The highest BCUT2D eigenvalue weighted by Crippen LogP contribution is 2.18. The van der Waals surface area contributed by atoms with Crippen molar-refractivity contribution < 1.29 is 4.79 Å². The van der Waals surface area contributed by atoms with E-state index in [1.54, 1.807) is 18.2 Å². The van der Waals surface area contributed by atoms with E-state index in [2.05, 4.69) is 15.5 Å². The fourth-order valence-corrected chi connectivity index (χ4v) is 2.99. The van der Waals surface area contributed by atoms with Crippen molar-refractivity contribution >= 4 is 17.5 Å². The van der Waals surface area contributed by atoms with E-state index < -0.39 is 0 Å². The van der Waals surface area contributed by atoms with Gasteiger partial charge in [0.05, 0.1) is 12.1 Å². The first-order valence-corrected chi connectivity index (χ1v) is 7.59. The lowest BCUT2D eigenvalue weighted by Crippen LogP contribution is -2.40. The number of aromatic amines is 1. The molecule has 1 aliphatic rings. The molecule has 114 valence electrons. The highest BCUT2D eigenvalue weighted by molar-refractivity contribution is 6.30. The number of aromatic nitrogens is 2. The number of H-pyrrole nitrogens is 1. The molecule has 5 nitrogen and oxygen atoms in total. The molecular weight excluding hydrogens is 302 g/mol. The van der Waals surface area contributed by atoms with E-state index >= 15 is 0 Å². The molecule has 22 heavy (non-hydrogen) atoms. The zero-order chi connectivity index (χ0) is 15.5. The van der Waals surface area contributed by atoms with Crippen LogP contribution in [0.5, 0.6) is 0 Å². The van der Waals surface area contributed by atoms with Crippen molar-refractivity contribution in [1.29, 1.82) is 0 Å². The predicted octanol–water partition coefficient (Wildman–Crippen LogP) is 1.64. The van der Waals surface area contributed by atoms with Crippen LogP contribution in [0.15, 0.2) is 35.1 Å². The Kier molecular flexibility index (Phi) is 4.24. The first kappa shape index (κ1) is 14.8. The van der Waals surface area contributed by atoms with Crippen molar-refractivity contribution in [2.75, 3.05) is 0 Å². The van der Waals surface area contributed by atoms with E-state index in [1.807, 2.05) is 12.1 Å². The van der Waals surface area contributed by atoms with Crippen LogP contribution in [0.25, 0.3) is 0 Å². The van der Waals surface area contributed by atoms with Gasteiger partial charge in [-0.2, -0.15) is 5.10 Å². The highest BCUT2D eigenvalue weighted by atomic mass is 35.5. The number of hydrogen-bond acceptors (Lipinski definition) is 3. The van der Waals surface area contributed by atoms with Gasteiger partial charge in [-0.25, -0.2) is 5.10 Å². The Morgan fingerprint density at radius 1 is 1.41 bits per heavy atom. The molecule has 3 rings (SSSR count). The maximum absolute atomic E-state index is 12.1. The van der Waals surface area contributed by atoms with Gasteiger partial charge in [-0.15, -0.1) is 0 Å². The molecule has 6 heteroatoms. The Bertz CT molecular complexity index is 757. The molecule has 0 spiro atoms. The summed E-state index contributed by atoms with van der Waals surface area (Å²) in [4.78, 5) is 23.5. The first-order chi connectivity index (χ1) is 10.6. The number of carbonyl (C=O) groups is 1. The summed E-state index contributed by atoms with van der Waals surface area (Å²) in [6.07, 6.45) is 2.53. The van der Waals surface area contributed by atoms with Crippen molar-refractivity contribution in [3.63, 3.8) is 0 Å². The van der Waals surface area contributed by atoms with Crippen molar-refractivity contribution in [2.24, 2.45) is 0 Å². The van der Waals surface area contributed by atoms with Gasteiger partial charge in [0.15, 0.2) is 0 Å². The second-order valence-corrected chi connectivity index (χ2v) is 5.95. The molecule has 1 heterocycles. The standard InChI is InChI=1S/C16H16ClN3O2/c17-12-3-1-2-10(6-12)7-15(21)18-13-4-5-14-11(8-13)9-16(22)20-19-14/h1-3,6,9,13H,4-5,7-8H2,(H,18,21)(H,20,22)/t13-/m0/s1. The van der Waals surface area contributed by atoms with Crippen LogP contribution in [0.2, 0.25) is 5.02 Å². The zero-order valence-electron chi connectivity index (χ0n) is 11.9. The van der Waals surface area contributed by atoms with Crippen LogP contribution < -0.4 is 10.9 Å². The second kappa shape index (κ2) is 6.32. The number of hydrogen-bond donors (Lipinski definition) is 2. The van der Waals surface area contributed by atoms with E-state index in [-0.39, 0.29) is 17.5 Å². The molecule has 1 aliphatic carbocycles. The smallest absolute Gasteiger partial charge is 0.264 e. The molecule has 0 fully saturated rings. The molecule has 0 saturated heterocycles. The van der Waals surface area contributed by atoms with Gasteiger partial charge in [0, 0.05) is 17.1 Å². The Morgan fingerprint density at radius 2 is 2.27 bits per heavy atom. The predicted molar refractivity (Wildman–Crippen MR) is 84.0 cm³/mol. The monoisotopic (exact) mass is 317 g/mol. The molecule has 1 aromatic carbocycles. The number of nitrogens with zero attached hydrogens (tertiary/aromatic N) is 1. The van der Waals surface area contributed by atoms with Crippen LogP contribution in [0.3, 0.4) is 0 Å². The van der Waals surface area contributed by atoms with Gasteiger partial charge in [-0.3, -0.25) is 9.59 Å². The van der Waals surface area contributed by atoms with E-state index in [1.165, 1.54) is 0 Å². The Labute approximate surface area is 132 Å². The van der Waals surface area contributed by atoms with E-state index in [0.717, 1.165) is 29.7 Å². The van der Waals surface area contributed by atoms with Crippen LogP contribution in [0.4, 0.5) is 0 Å². The molecule has 0 aliphatic heterocycles. The molecule has 2 N–H and O–H groups in total. The normalized spacial score (nSPS) is 16.9. The molecule has 2 aromatic rings. The van der Waals surface area contributed by atoms with Gasteiger partial charge < -0.3 is 5.32 Å². The lowest BCUT2D eigenvalue weighted by molar-refractivity contribution is -0.121. The minimum Gasteiger partial charge on any atom is -0.353 e. The van der Waals surface area contributed by atoms with Crippen molar-refractivity contribution in [3.8, 4) is 0 Å². The fraction of sp³-hybridized carbons (Fsp3) is 0.312. The van der Waals surface area contributed by atoms with Crippen LogP contribution in [0.1, 0.15) is 23.2 Å². The van der Waals surface area contributed by atoms with Gasteiger partial charge >= 0.3 is 0 Å². The number of carbonyl (C=O) groups excluding carboxylic acids is 1. The third-order valence-electron chi connectivity index (χ3n) is 3.79. The third-order valence-corrected chi connectivity index (χ3v) is 4.03. The lowest BCUT2D eigenvalue weighted by Gasteiger charge is -2.24. The molecule has 0 saturated carbocycles. The van der Waals surface area contributed by atoms with E-state index in [9.17, 15) is 9.59 Å². The quantitative estimate of drug-likeness (QED) is 0.903. The van der Waals surface area contributed by atoms with Crippen LogP contribution in [0, 0.1) is 0 Å². The summed E-state index contributed by atoms with van der Waals surface area (Å²) >= 11 is 5.92. The SMILES string of the molecule is O=C(Cc1cccc(Cl)c1)N[C@H]1CCc2n[nH]c(=O)cc2C1. The molecule has 0 bridgehead atoms. The number of aryl methyl sites for hydroxylation is 1. The fourth-order valence-electron chi connectivity index (χ4n) is 2.77. The molecule has 1 atom stereocenters. The van der Waals surface area contributed by atoms with Crippen LogP contribution in [-0.2, 0) is 24.1 Å². The maximum atomic E-state index is 12.1. The number of rotatable bonds is 3. The molecular formula is C16H16ClN3O2. The summed E-state index contributed by atoms with van der Waals surface area (Å²) in [5.74, 6) is -0.0338. The highest BCUT2D eigenvalue weighted by Gasteiger charge is 2.21. The van der Waals surface area contributed by atoms with Crippen molar-refractivity contribution in [3.05, 3.63) is 62.5 Å². The van der Waals surface area contributed by atoms with E-state index in [0.29, 0.717) is 17.9 Å². The Balaban J connectivity index is 1.62. The van der Waals surface area contributed by atoms with Gasteiger partial charge in [0.25, 0.3) is 5.56 Å². The average molecular weight is 318 g/mol. The number of benzene rings is 1. The molecule has 1 aromatic heterocycles. The Hall–Kier alpha value is -2.14. The van der Waals surface area contributed by atoms with Crippen molar-refractivity contribution in [2.45, 2.75) is 31.7 Å². The lowest BCUT2D eigenvalue weighted by atomic mass is 9.92. The summed E-state index contributed by atoms with van der Waals surface area (Å²) in [6.45, 7) is 0. The third kappa shape index (κ3) is 3.54. The zero-order valence-corrected chi connectivity index (χ0v) is 12.7. The molecule has 1 amide bonds. The number of halogens is 1. The van der Waals surface area contributed by atoms with Gasteiger partial charge in [-0.1, -0.05) is 23.7 Å². The van der Waals surface area contributed by atoms with Gasteiger partial charge in [0.2, 0.25) is 5.91 Å². The largest absolute Gasteiger partial charge is 0.353 e. The number of nitrogens with one attached hydrogen (secondary N) is 2. The second-order valence-electron chi connectivity index (χ2n) is 5.52. The molecule has 0 unspecified atom stereocenters. The van der Waals surface area contributed by atoms with Crippen molar-refractivity contribution in [1.82, 2.24) is 15.5 Å². The average Bonchev–Trinajstić information content (AvgIpc) is 2.46.